The first-order valence-electron chi connectivity index (χ1n) is 26.6. The normalized spacial score (nSPS) is 13.7. The second-order valence-electron chi connectivity index (χ2n) is 18.4. The molecule has 0 aromatic heterocycles. The van der Waals surface area contributed by atoms with E-state index in [4.69, 9.17) is 18.9 Å². The Labute approximate surface area is 415 Å². The van der Waals surface area contributed by atoms with Crippen molar-refractivity contribution in [2.75, 3.05) is 47.5 Å². The van der Waals surface area contributed by atoms with Crippen molar-refractivity contribution < 1.29 is 42.9 Å². The lowest BCUT2D eigenvalue weighted by Gasteiger charge is -2.25. The van der Waals surface area contributed by atoms with Crippen LogP contribution >= 0.6 is 0 Å². The second-order valence-corrected chi connectivity index (χ2v) is 18.4. The Morgan fingerprint density at radius 2 is 0.838 bits per heavy atom. The molecule has 0 saturated heterocycles. The lowest BCUT2D eigenvalue weighted by Crippen LogP contribution is -2.40. The number of quaternary nitrogens is 1. The smallest absolute Gasteiger partial charge is 0.361 e. The topological polar surface area (TPSA) is 108 Å². The largest absolute Gasteiger partial charge is 0.477 e. The molecule has 0 aliphatic rings. The Morgan fingerprint density at radius 1 is 0.456 bits per heavy atom. The standard InChI is InChI=1S/C59H97NO8/c1-6-8-10-12-14-16-18-20-22-24-26-27-28-29-30-31-32-34-36-38-40-42-44-46-48-50-57(62)68-55(54-67-59(58(63)64)65-52-51-60(3,4)5)53-66-56(61)49-47-45-43-41-39-37-35-33-25-23-21-19-17-15-13-11-9-7-2/h8,10,14,16-17,19-20,22-23,25-27,29-30,32,34,38,40,55,59H,6-7,9,11-13,15,18,21,24,28,31,33,35-37,39,41-54H2,1-5H3/p+1/b10-8-,16-14-,19-17-,22-20-,25-23-,27-26-,30-29-,34-32-,40-38-. The van der Waals surface area contributed by atoms with Crippen molar-refractivity contribution in [3.05, 3.63) is 109 Å². The summed E-state index contributed by atoms with van der Waals surface area (Å²) in [5.41, 5.74) is 0. The Morgan fingerprint density at radius 3 is 1.26 bits per heavy atom. The lowest BCUT2D eigenvalue weighted by molar-refractivity contribution is -0.870. The van der Waals surface area contributed by atoms with Crippen LogP contribution in [0.15, 0.2) is 109 Å². The molecule has 9 heteroatoms. The number of esters is 2. The molecule has 0 heterocycles. The molecule has 0 aliphatic heterocycles. The molecule has 0 bridgehead atoms. The SMILES string of the molecule is CC/C=C\C/C=C\C/C=C\C/C=C\C/C=C\C/C=C\C/C=C\CCCCCC(=O)OC(COC(=O)CCCCCCCCC/C=C\C/C=C\CCCCCC)COC(OCC[N+](C)(C)C)C(=O)O. The predicted molar refractivity (Wildman–Crippen MR) is 285 cm³/mol. The number of hydrogen-bond acceptors (Lipinski definition) is 7. The highest BCUT2D eigenvalue weighted by Gasteiger charge is 2.25. The molecule has 0 aromatic carbocycles. The molecular weight excluding hydrogens is 851 g/mol. The third-order valence-electron chi connectivity index (χ3n) is 10.8. The van der Waals surface area contributed by atoms with E-state index >= 15 is 0 Å². The summed E-state index contributed by atoms with van der Waals surface area (Å²) in [6, 6.07) is 0. The molecule has 68 heavy (non-hydrogen) atoms. The van der Waals surface area contributed by atoms with Gasteiger partial charge in [-0.25, -0.2) is 4.79 Å². The Kier molecular flexibility index (Phi) is 46.4. The van der Waals surface area contributed by atoms with Crippen molar-refractivity contribution in [3.8, 4) is 0 Å². The first-order valence-corrected chi connectivity index (χ1v) is 26.6. The summed E-state index contributed by atoms with van der Waals surface area (Å²) >= 11 is 0. The molecule has 0 spiro atoms. The van der Waals surface area contributed by atoms with Gasteiger partial charge in [-0.05, 0) is 103 Å². The molecule has 0 fully saturated rings. The maximum Gasteiger partial charge on any atom is 0.361 e. The summed E-state index contributed by atoms with van der Waals surface area (Å²) in [7, 11) is 5.94. The van der Waals surface area contributed by atoms with Crippen LogP contribution in [0.1, 0.15) is 187 Å². The van der Waals surface area contributed by atoms with E-state index in [0.717, 1.165) is 103 Å². The van der Waals surface area contributed by atoms with Crippen molar-refractivity contribution in [3.63, 3.8) is 0 Å². The first kappa shape index (κ1) is 64.0. The molecule has 0 radical (unpaired) electrons. The van der Waals surface area contributed by atoms with Crippen LogP contribution in [0.25, 0.3) is 0 Å². The first-order chi connectivity index (χ1) is 33.1. The molecule has 2 atom stereocenters. The van der Waals surface area contributed by atoms with Gasteiger partial charge in [0.1, 0.15) is 13.2 Å². The van der Waals surface area contributed by atoms with Crippen LogP contribution in [-0.4, -0.2) is 87.4 Å². The zero-order chi connectivity index (χ0) is 49.9. The highest BCUT2D eigenvalue weighted by molar-refractivity contribution is 5.71. The van der Waals surface area contributed by atoms with Crippen LogP contribution in [-0.2, 0) is 33.3 Å². The summed E-state index contributed by atoms with van der Waals surface area (Å²) < 4.78 is 22.8. The minimum absolute atomic E-state index is 0.173. The fraction of sp³-hybridized carbons (Fsp3) is 0.644. The van der Waals surface area contributed by atoms with Crippen molar-refractivity contribution in [1.29, 1.82) is 0 Å². The Hall–Kier alpha value is -4.05. The van der Waals surface area contributed by atoms with Gasteiger partial charge in [0.15, 0.2) is 6.10 Å². The third-order valence-corrected chi connectivity index (χ3v) is 10.8. The van der Waals surface area contributed by atoms with Gasteiger partial charge < -0.3 is 28.5 Å². The quantitative estimate of drug-likeness (QED) is 0.0211. The van der Waals surface area contributed by atoms with Gasteiger partial charge >= 0.3 is 17.9 Å². The Bertz CT molecular complexity index is 1480. The number of carboxylic acid groups (broad SMARTS) is 1. The van der Waals surface area contributed by atoms with Crippen LogP contribution < -0.4 is 0 Å². The fourth-order valence-corrected chi connectivity index (χ4v) is 6.67. The van der Waals surface area contributed by atoms with E-state index in [0.29, 0.717) is 17.4 Å². The van der Waals surface area contributed by atoms with Crippen LogP contribution in [0.4, 0.5) is 0 Å². The number of likely N-dealkylation sites (N-methyl/N-ethyl adjacent to an activating group) is 1. The molecule has 2 unspecified atom stereocenters. The third kappa shape index (κ3) is 49.8. The van der Waals surface area contributed by atoms with E-state index in [1.807, 2.05) is 21.1 Å². The lowest BCUT2D eigenvalue weighted by atomic mass is 10.1. The van der Waals surface area contributed by atoms with Crippen LogP contribution in [0.2, 0.25) is 0 Å². The highest BCUT2D eigenvalue weighted by atomic mass is 16.7. The van der Waals surface area contributed by atoms with Gasteiger partial charge in [0.2, 0.25) is 0 Å². The summed E-state index contributed by atoms with van der Waals surface area (Å²) in [5.74, 6) is -2.08. The molecule has 0 amide bonds. The molecule has 0 saturated carbocycles. The van der Waals surface area contributed by atoms with Crippen molar-refractivity contribution in [2.24, 2.45) is 0 Å². The predicted octanol–water partition coefficient (Wildman–Crippen LogP) is 15.2. The van der Waals surface area contributed by atoms with E-state index in [-0.39, 0.29) is 38.6 Å². The number of hydrogen-bond donors (Lipinski definition) is 1. The number of rotatable bonds is 47. The van der Waals surface area contributed by atoms with Gasteiger partial charge in [-0.15, -0.1) is 0 Å². The van der Waals surface area contributed by atoms with Crippen molar-refractivity contribution in [2.45, 2.75) is 200 Å². The molecule has 0 aliphatic carbocycles. The molecule has 1 N–H and O–H groups in total. The molecule has 9 nitrogen and oxygen atoms in total. The molecule has 0 rings (SSSR count). The van der Waals surface area contributed by atoms with E-state index < -0.39 is 24.3 Å². The summed E-state index contributed by atoms with van der Waals surface area (Å²) in [4.78, 5) is 37.3. The number of carbonyl (C=O) groups excluding carboxylic acids is 2. The molecular formula is C59H98NO8+. The van der Waals surface area contributed by atoms with Crippen LogP contribution in [0.5, 0.6) is 0 Å². The van der Waals surface area contributed by atoms with E-state index in [2.05, 4.69) is 123 Å². The number of aliphatic carboxylic acids is 1. The fourth-order valence-electron chi connectivity index (χ4n) is 6.67. The summed E-state index contributed by atoms with van der Waals surface area (Å²) in [5, 5.41) is 9.68. The number of unbranched alkanes of at least 4 members (excludes halogenated alkanes) is 14. The van der Waals surface area contributed by atoms with Gasteiger partial charge in [0.25, 0.3) is 6.29 Å². The zero-order valence-corrected chi connectivity index (χ0v) is 43.7. The number of nitrogens with zero attached hydrogens (tertiary/aromatic N) is 1. The number of allylic oxidation sites excluding steroid dienone is 18. The van der Waals surface area contributed by atoms with Crippen molar-refractivity contribution >= 4 is 17.9 Å². The summed E-state index contributed by atoms with van der Waals surface area (Å²) in [6.07, 6.45) is 64.4. The van der Waals surface area contributed by atoms with Gasteiger partial charge in [-0.1, -0.05) is 181 Å². The van der Waals surface area contributed by atoms with Gasteiger partial charge in [-0.2, -0.15) is 0 Å². The average molecular weight is 949 g/mol. The average Bonchev–Trinajstić information content (AvgIpc) is 3.30. The van der Waals surface area contributed by atoms with E-state index in [1.54, 1.807) is 0 Å². The van der Waals surface area contributed by atoms with E-state index in [9.17, 15) is 19.5 Å². The Balaban J connectivity index is 4.44. The minimum atomic E-state index is -1.53. The van der Waals surface area contributed by atoms with Crippen LogP contribution in [0.3, 0.4) is 0 Å². The minimum Gasteiger partial charge on any atom is -0.477 e. The molecule has 386 valence electrons. The van der Waals surface area contributed by atoms with Crippen molar-refractivity contribution in [1.82, 2.24) is 0 Å². The van der Waals surface area contributed by atoms with Gasteiger partial charge in [0.05, 0.1) is 34.4 Å². The highest BCUT2D eigenvalue weighted by Crippen LogP contribution is 2.13. The van der Waals surface area contributed by atoms with E-state index in [1.165, 1.54) is 51.4 Å². The van der Waals surface area contributed by atoms with Crippen LogP contribution in [0, 0.1) is 0 Å². The molecule has 0 aromatic rings. The second kappa shape index (κ2) is 49.4. The number of carbonyl (C=O) groups is 3. The summed E-state index contributed by atoms with van der Waals surface area (Å²) in [6.45, 7) is 4.67. The number of ether oxygens (including phenoxy) is 4. The van der Waals surface area contributed by atoms with Gasteiger partial charge in [0, 0.05) is 12.8 Å². The maximum absolute atomic E-state index is 12.8. The maximum atomic E-state index is 12.8. The number of carboxylic acids is 1. The monoisotopic (exact) mass is 949 g/mol. The zero-order valence-electron chi connectivity index (χ0n) is 43.7. The van der Waals surface area contributed by atoms with Gasteiger partial charge in [-0.3, -0.25) is 9.59 Å².